The summed E-state index contributed by atoms with van der Waals surface area (Å²) < 4.78 is 1.67. The predicted octanol–water partition coefficient (Wildman–Crippen LogP) is -0.289. The molecular weight excluding hydrogens is 204 g/mol. The van der Waals surface area contributed by atoms with Gasteiger partial charge in [-0.2, -0.15) is 5.10 Å². The standard InChI is InChI=1S/C11H16N4O/c1-14-3-2-10(13-14)11(16)15-6-8-4-12-5-9(8)7-15/h2-3,8-9,12H,4-7H2,1H3. The van der Waals surface area contributed by atoms with Crippen LogP contribution in [0, 0.1) is 11.8 Å². The fourth-order valence-electron chi connectivity index (χ4n) is 2.71. The Morgan fingerprint density at radius 1 is 1.44 bits per heavy atom. The summed E-state index contributed by atoms with van der Waals surface area (Å²) >= 11 is 0. The highest BCUT2D eigenvalue weighted by Gasteiger charge is 2.38. The monoisotopic (exact) mass is 220 g/mol. The van der Waals surface area contributed by atoms with E-state index in [2.05, 4.69) is 10.4 Å². The number of rotatable bonds is 1. The van der Waals surface area contributed by atoms with Crippen LogP contribution in [0.15, 0.2) is 12.3 Å². The van der Waals surface area contributed by atoms with Gasteiger partial charge in [0.25, 0.3) is 5.91 Å². The molecule has 1 amide bonds. The van der Waals surface area contributed by atoms with E-state index < -0.39 is 0 Å². The van der Waals surface area contributed by atoms with Gasteiger partial charge in [0, 0.05) is 39.4 Å². The number of fused-ring (bicyclic) bond motifs is 1. The van der Waals surface area contributed by atoms with Crippen molar-refractivity contribution in [1.82, 2.24) is 20.0 Å². The minimum Gasteiger partial charge on any atom is -0.337 e. The number of aryl methyl sites for hydroxylation is 1. The van der Waals surface area contributed by atoms with Gasteiger partial charge >= 0.3 is 0 Å². The first-order valence-corrected chi connectivity index (χ1v) is 5.73. The molecule has 0 spiro atoms. The van der Waals surface area contributed by atoms with Crippen LogP contribution in [0.2, 0.25) is 0 Å². The van der Waals surface area contributed by atoms with Crippen LogP contribution in [0.1, 0.15) is 10.5 Å². The van der Waals surface area contributed by atoms with Crippen LogP contribution in [-0.4, -0.2) is 46.8 Å². The number of hydrogen-bond donors (Lipinski definition) is 1. The van der Waals surface area contributed by atoms with Crippen LogP contribution < -0.4 is 5.32 Å². The Bertz CT molecular complexity index is 402. The maximum atomic E-state index is 12.1. The van der Waals surface area contributed by atoms with Gasteiger partial charge in [0.1, 0.15) is 5.69 Å². The largest absolute Gasteiger partial charge is 0.337 e. The summed E-state index contributed by atoms with van der Waals surface area (Å²) in [4.78, 5) is 14.1. The molecule has 5 nitrogen and oxygen atoms in total. The summed E-state index contributed by atoms with van der Waals surface area (Å²) in [6, 6.07) is 1.79. The van der Waals surface area contributed by atoms with Crippen molar-refractivity contribution in [3.05, 3.63) is 18.0 Å². The number of nitrogens with zero attached hydrogens (tertiary/aromatic N) is 3. The molecule has 16 heavy (non-hydrogen) atoms. The Balaban J connectivity index is 1.73. The van der Waals surface area contributed by atoms with Gasteiger partial charge in [0.15, 0.2) is 0 Å². The van der Waals surface area contributed by atoms with Gasteiger partial charge in [-0.3, -0.25) is 9.48 Å². The second kappa shape index (κ2) is 3.59. The summed E-state index contributed by atoms with van der Waals surface area (Å²) in [5.74, 6) is 1.37. The molecule has 2 atom stereocenters. The van der Waals surface area contributed by atoms with Gasteiger partial charge in [-0.15, -0.1) is 0 Å². The molecule has 86 valence electrons. The van der Waals surface area contributed by atoms with Crippen LogP contribution in [0.4, 0.5) is 0 Å². The van der Waals surface area contributed by atoms with Gasteiger partial charge in [0.05, 0.1) is 0 Å². The molecule has 2 saturated heterocycles. The maximum Gasteiger partial charge on any atom is 0.274 e. The second-order valence-corrected chi connectivity index (χ2v) is 4.76. The minimum atomic E-state index is 0.0787. The zero-order valence-corrected chi connectivity index (χ0v) is 9.39. The van der Waals surface area contributed by atoms with Crippen molar-refractivity contribution < 1.29 is 4.79 Å². The molecule has 1 aromatic heterocycles. The molecular formula is C11H16N4O. The average molecular weight is 220 g/mol. The third kappa shape index (κ3) is 1.51. The lowest BCUT2D eigenvalue weighted by molar-refractivity contribution is 0.0775. The van der Waals surface area contributed by atoms with Crippen molar-refractivity contribution in [2.24, 2.45) is 18.9 Å². The topological polar surface area (TPSA) is 50.2 Å². The SMILES string of the molecule is Cn1ccc(C(=O)N2CC3CNCC3C2)n1. The molecule has 3 rings (SSSR count). The zero-order valence-electron chi connectivity index (χ0n) is 9.39. The average Bonchev–Trinajstić information content (AvgIpc) is 2.89. The molecule has 2 fully saturated rings. The van der Waals surface area contributed by atoms with Crippen molar-refractivity contribution >= 4 is 5.91 Å². The fourth-order valence-corrected chi connectivity index (χ4v) is 2.71. The maximum absolute atomic E-state index is 12.1. The Hall–Kier alpha value is -1.36. The molecule has 2 aliphatic rings. The summed E-state index contributed by atoms with van der Waals surface area (Å²) in [5.41, 5.74) is 0.565. The second-order valence-electron chi connectivity index (χ2n) is 4.76. The number of amides is 1. The van der Waals surface area contributed by atoms with Crippen LogP contribution in [0.3, 0.4) is 0 Å². The van der Waals surface area contributed by atoms with Gasteiger partial charge in [-0.05, 0) is 17.9 Å². The Morgan fingerprint density at radius 3 is 2.69 bits per heavy atom. The van der Waals surface area contributed by atoms with Crippen molar-refractivity contribution in [2.45, 2.75) is 0 Å². The molecule has 5 heteroatoms. The summed E-state index contributed by atoms with van der Waals surface area (Å²) in [6.45, 7) is 3.87. The molecule has 2 unspecified atom stereocenters. The lowest BCUT2D eigenvalue weighted by Gasteiger charge is -2.15. The van der Waals surface area contributed by atoms with E-state index in [9.17, 15) is 4.79 Å². The molecule has 0 aromatic carbocycles. The number of likely N-dealkylation sites (tertiary alicyclic amines) is 1. The van der Waals surface area contributed by atoms with Crippen molar-refractivity contribution in [3.8, 4) is 0 Å². The van der Waals surface area contributed by atoms with Crippen molar-refractivity contribution in [3.63, 3.8) is 0 Å². The normalized spacial score (nSPS) is 28.4. The molecule has 0 saturated carbocycles. The summed E-state index contributed by atoms with van der Waals surface area (Å²) in [7, 11) is 1.83. The number of carbonyl (C=O) groups excluding carboxylic acids is 1. The van der Waals surface area contributed by atoms with E-state index in [-0.39, 0.29) is 5.91 Å². The predicted molar refractivity (Wildman–Crippen MR) is 59.0 cm³/mol. The number of carbonyl (C=O) groups is 1. The van der Waals surface area contributed by atoms with E-state index >= 15 is 0 Å². The van der Waals surface area contributed by atoms with Crippen LogP contribution in [-0.2, 0) is 7.05 Å². The molecule has 0 radical (unpaired) electrons. The lowest BCUT2D eigenvalue weighted by Crippen LogP contribution is -2.32. The molecule has 1 aromatic rings. The summed E-state index contributed by atoms with van der Waals surface area (Å²) in [5, 5.41) is 7.53. The molecule has 1 N–H and O–H groups in total. The number of aromatic nitrogens is 2. The van der Waals surface area contributed by atoms with Crippen LogP contribution in [0.25, 0.3) is 0 Å². The molecule has 0 aliphatic carbocycles. The van der Waals surface area contributed by atoms with Crippen molar-refractivity contribution in [2.75, 3.05) is 26.2 Å². The molecule has 2 aliphatic heterocycles. The highest BCUT2D eigenvalue weighted by atomic mass is 16.2. The van der Waals surface area contributed by atoms with Gasteiger partial charge in [-0.1, -0.05) is 0 Å². The minimum absolute atomic E-state index is 0.0787. The molecule has 0 bridgehead atoms. The first-order valence-electron chi connectivity index (χ1n) is 5.73. The first-order chi connectivity index (χ1) is 7.74. The van der Waals surface area contributed by atoms with Gasteiger partial charge in [-0.25, -0.2) is 0 Å². The van der Waals surface area contributed by atoms with Crippen molar-refractivity contribution in [1.29, 1.82) is 0 Å². The molecule has 3 heterocycles. The third-order valence-corrected chi connectivity index (χ3v) is 3.61. The van der Waals surface area contributed by atoms with Gasteiger partial charge in [0.2, 0.25) is 0 Å². The number of hydrogen-bond acceptors (Lipinski definition) is 3. The van der Waals surface area contributed by atoms with Crippen LogP contribution >= 0.6 is 0 Å². The Labute approximate surface area is 94.4 Å². The fraction of sp³-hybridized carbons (Fsp3) is 0.636. The number of nitrogens with one attached hydrogen (secondary N) is 1. The van der Waals surface area contributed by atoms with Gasteiger partial charge < -0.3 is 10.2 Å². The zero-order chi connectivity index (χ0) is 11.1. The third-order valence-electron chi connectivity index (χ3n) is 3.61. The van der Waals surface area contributed by atoms with E-state index in [1.54, 1.807) is 10.7 Å². The van der Waals surface area contributed by atoms with E-state index in [0.717, 1.165) is 26.2 Å². The lowest BCUT2D eigenvalue weighted by atomic mass is 10.0. The van der Waals surface area contributed by atoms with Crippen LogP contribution in [0.5, 0.6) is 0 Å². The highest BCUT2D eigenvalue weighted by molar-refractivity contribution is 5.92. The van der Waals surface area contributed by atoms with E-state index in [4.69, 9.17) is 0 Å². The summed E-state index contributed by atoms with van der Waals surface area (Å²) in [6.07, 6.45) is 1.81. The quantitative estimate of drug-likeness (QED) is 0.707. The smallest absolute Gasteiger partial charge is 0.274 e. The Morgan fingerprint density at radius 2 is 2.12 bits per heavy atom. The first kappa shape index (κ1) is 9.84. The Kier molecular flexibility index (Phi) is 2.21. The highest BCUT2D eigenvalue weighted by Crippen LogP contribution is 2.27. The van der Waals surface area contributed by atoms with E-state index in [1.807, 2.05) is 18.1 Å². The van der Waals surface area contributed by atoms with E-state index in [1.165, 1.54) is 0 Å². The van der Waals surface area contributed by atoms with E-state index in [0.29, 0.717) is 17.5 Å².